The normalized spacial score (nSPS) is 17.1. The van der Waals surface area contributed by atoms with E-state index in [9.17, 15) is 18.0 Å². The molecule has 0 spiro atoms. The molecule has 0 saturated carbocycles. The van der Waals surface area contributed by atoms with Gasteiger partial charge in [0.2, 0.25) is 10.0 Å². The van der Waals surface area contributed by atoms with Crippen molar-refractivity contribution >= 4 is 21.8 Å². The maximum atomic E-state index is 13.1. The minimum absolute atomic E-state index is 0.201. The molecule has 1 atom stereocenters. The fourth-order valence-electron chi connectivity index (χ4n) is 3.72. The highest BCUT2D eigenvalue weighted by Crippen LogP contribution is 2.27. The third-order valence-corrected chi connectivity index (χ3v) is 7.43. The van der Waals surface area contributed by atoms with Gasteiger partial charge in [-0.15, -0.1) is 0 Å². The smallest absolute Gasteiger partial charge is 0.309 e. The first-order valence-corrected chi connectivity index (χ1v) is 12.0. The van der Waals surface area contributed by atoms with E-state index in [2.05, 4.69) is 10.6 Å². The maximum absolute atomic E-state index is 13.1. The number of piperidine rings is 1. The van der Waals surface area contributed by atoms with Crippen LogP contribution in [-0.4, -0.2) is 43.7 Å². The van der Waals surface area contributed by atoms with Gasteiger partial charge in [0, 0.05) is 25.7 Å². The summed E-state index contributed by atoms with van der Waals surface area (Å²) in [5.41, 5.74) is 1.91. The van der Waals surface area contributed by atoms with Gasteiger partial charge in [0.1, 0.15) is 0 Å². The lowest BCUT2D eigenvalue weighted by molar-refractivity contribution is -0.139. The van der Waals surface area contributed by atoms with E-state index in [0.717, 1.165) is 30.4 Å². The van der Waals surface area contributed by atoms with Gasteiger partial charge in [0.15, 0.2) is 0 Å². The summed E-state index contributed by atoms with van der Waals surface area (Å²) in [6, 6.07) is 16.0. The molecule has 7 nitrogen and oxygen atoms in total. The van der Waals surface area contributed by atoms with Gasteiger partial charge in [-0.25, -0.2) is 8.42 Å². The maximum Gasteiger partial charge on any atom is 0.309 e. The van der Waals surface area contributed by atoms with Gasteiger partial charge >= 0.3 is 11.8 Å². The van der Waals surface area contributed by atoms with Gasteiger partial charge in [-0.1, -0.05) is 54.4 Å². The fourth-order valence-corrected chi connectivity index (χ4v) is 5.44. The molecule has 0 radical (unpaired) electrons. The third kappa shape index (κ3) is 6.15. The van der Waals surface area contributed by atoms with E-state index < -0.39 is 21.8 Å². The molecule has 1 aliphatic heterocycles. The van der Waals surface area contributed by atoms with Crippen molar-refractivity contribution < 1.29 is 18.0 Å². The van der Waals surface area contributed by atoms with Crippen LogP contribution in [0.5, 0.6) is 0 Å². The van der Waals surface area contributed by atoms with Crippen LogP contribution >= 0.6 is 0 Å². The molecule has 2 N–H and O–H groups in total. The lowest BCUT2D eigenvalue weighted by Crippen LogP contribution is -2.46. The average molecular weight is 444 g/mol. The van der Waals surface area contributed by atoms with Crippen molar-refractivity contribution in [2.75, 3.05) is 13.1 Å². The van der Waals surface area contributed by atoms with E-state index in [1.807, 2.05) is 37.3 Å². The number of hydrogen-bond donors (Lipinski definition) is 2. The van der Waals surface area contributed by atoms with Crippen LogP contribution in [0.4, 0.5) is 0 Å². The minimum atomic E-state index is -3.59. The molecule has 2 aromatic rings. The van der Waals surface area contributed by atoms with Crippen molar-refractivity contribution in [1.82, 2.24) is 14.9 Å². The Labute approximate surface area is 183 Å². The summed E-state index contributed by atoms with van der Waals surface area (Å²) < 4.78 is 27.8. The van der Waals surface area contributed by atoms with E-state index in [-0.39, 0.29) is 24.0 Å². The average Bonchev–Trinajstić information content (AvgIpc) is 2.78. The van der Waals surface area contributed by atoms with Crippen LogP contribution in [0.3, 0.4) is 0 Å². The summed E-state index contributed by atoms with van der Waals surface area (Å²) in [5, 5.41) is 5.20. The number of amides is 2. The zero-order valence-electron chi connectivity index (χ0n) is 17.7. The molecule has 2 aromatic carbocycles. The Bertz CT molecular complexity index is 991. The molecule has 1 saturated heterocycles. The first kappa shape index (κ1) is 23.0. The zero-order valence-corrected chi connectivity index (χ0v) is 18.5. The Morgan fingerprint density at radius 2 is 1.65 bits per heavy atom. The Hall–Kier alpha value is -2.71. The molecule has 0 aromatic heterocycles. The summed E-state index contributed by atoms with van der Waals surface area (Å²) in [6.45, 7) is 2.89. The first-order valence-electron chi connectivity index (χ1n) is 10.6. The van der Waals surface area contributed by atoms with E-state index in [0.29, 0.717) is 13.0 Å². The molecule has 1 aliphatic rings. The fraction of sp³-hybridized carbons (Fsp3) is 0.391. The SMILES string of the molecule is Cc1ccc(S(=O)(=O)N2CCCC[C@H]2CCNC(=O)C(=O)NCc2ccccc2)cc1. The summed E-state index contributed by atoms with van der Waals surface area (Å²) in [7, 11) is -3.59. The second-order valence-electron chi connectivity index (χ2n) is 7.79. The van der Waals surface area contributed by atoms with Crippen molar-refractivity contribution in [1.29, 1.82) is 0 Å². The largest absolute Gasteiger partial charge is 0.348 e. The number of nitrogens with one attached hydrogen (secondary N) is 2. The molecule has 0 bridgehead atoms. The van der Waals surface area contributed by atoms with Crippen LogP contribution < -0.4 is 10.6 Å². The monoisotopic (exact) mass is 443 g/mol. The highest BCUT2D eigenvalue weighted by molar-refractivity contribution is 7.89. The molecule has 1 heterocycles. The van der Waals surface area contributed by atoms with Crippen LogP contribution in [0, 0.1) is 6.92 Å². The predicted molar refractivity (Wildman–Crippen MR) is 119 cm³/mol. The zero-order chi connectivity index (χ0) is 22.3. The quantitative estimate of drug-likeness (QED) is 0.642. The summed E-state index contributed by atoms with van der Waals surface area (Å²) >= 11 is 0. The number of carbonyl (C=O) groups is 2. The number of rotatable bonds is 7. The van der Waals surface area contributed by atoms with E-state index >= 15 is 0 Å². The topological polar surface area (TPSA) is 95.6 Å². The lowest BCUT2D eigenvalue weighted by Gasteiger charge is -2.34. The number of carbonyl (C=O) groups excluding carboxylic acids is 2. The number of hydrogen-bond acceptors (Lipinski definition) is 4. The van der Waals surface area contributed by atoms with Gasteiger partial charge in [-0.2, -0.15) is 4.31 Å². The molecule has 31 heavy (non-hydrogen) atoms. The van der Waals surface area contributed by atoms with E-state index in [1.165, 1.54) is 0 Å². The Balaban J connectivity index is 1.52. The van der Waals surface area contributed by atoms with Crippen molar-refractivity contribution in [3.05, 3.63) is 65.7 Å². The molecular formula is C23H29N3O4S. The Morgan fingerprint density at radius 3 is 2.35 bits per heavy atom. The Kier molecular flexibility index (Phi) is 7.81. The van der Waals surface area contributed by atoms with Crippen LogP contribution in [0.2, 0.25) is 0 Å². The predicted octanol–water partition coefficient (Wildman–Crippen LogP) is 2.36. The van der Waals surface area contributed by atoms with E-state index in [1.54, 1.807) is 28.6 Å². The van der Waals surface area contributed by atoms with Crippen LogP contribution in [0.25, 0.3) is 0 Å². The van der Waals surface area contributed by atoms with Gasteiger partial charge in [-0.05, 0) is 43.9 Å². The number of sulfonamides is 1. The van der Waals surface area contributed by atoms with Crippen LogP contribution in [0.1, 0.15) is 36.8 Å². The summed E-state index contributed by atoms with van der Waals surface area (Å²) in [6.07, 6.45) is 2.95. The van der Waals surface area contributed by atoms with Gasteiger partial charge < -0.3 is 10.6 Å². The van der Waals surface area contributed by atoms with Crippen molar-refractivity contribution in [3.63, 3.8) is 0 Å². The van der Waals surface area contributed by atoms with Gasteiger partial charge in [0.05, 0.1) is 4.90 Å². The molecular weight excluding hydrogens is 414 g/mol. The number of aryl methyl sites for hydroxylation is 1. The second-order valence-corrected chi connectivity index (χ2v) is 9.68. The standard InChI is InChI=1S/C23H29N3O4S/c1-18-10-12-21(13-11-18)31(29,30)26-16-6-5-9-20(26)14-15-24-22(27)23(28)25-17-19-7-3-2-4-8-19/h2-4,7-8,10-13,20H,5-6,9,14-17H2,1H3,(H,24,27)(H,25,28)/t20-/m0/s1. The molecule has 8 heteroatoms. The second kappa shape index (κ2) is 10.5. The highest BCUT2D eigenvalue weighted by atomic mass is 32.2. The summed E-state index contributed by atoms with van der Waals surface area (Å²) in [5.74, 6) is -1.41. The van der Waals surface area contributed by atoms with Crippen molar-refractivity contribution in [2.24, 2.45) is 0 Å². The van der Waals surface area contributed by atoms with Gasteiger partial charge in [-0.3, -0.25) is 9.59 Å². The minimum Gasteiger partial charge on any atom is -0.348 e. The van der Waals surface area contributed by atoms with Crippen LogP contribution in [0.15, 0.2) is 59.5 Å². The van der Waals surface area contributed by atoms with Crippen molar-refractivity contribution in [3.8, 4) is 0 Å². The van der Waals surface area contributed by atoms with Gasteiger partial charge in [0.25, 0.3) is 0 Å². The molecule has 1 fully saturated rings. The number of nitrogens with zero attached hydrogens (tertiary/aromatic N) is 1. The van der Waals surface area contributed by atoms with Crippen LogP contribution in [-0.2, 0) is 26.2 Å². The number of benzene rings is 2. The Morgan fingerprint density at radius 1 is 0.968 bits per heavy atom. The molecule has 166 valence electrons. The highest BCUT2D eigenvalue weighted by Gasteiger charge is 2.33. The molecule has 0 aliphatic carbocycles. The summed E-state index contributed by atoms with van der Waals surface area (Å²) in [4.78, 5) is 24.4. The molecule has 0 unspecified atom stereocenters. The first-order chi connectivity index (χ1) is 14.9. The molecule has 3 rings (SSSR count). The van der Waals surface area contributed by atoms with Crippen molar-refractivity contribution in [2.45, 2.75) is 50.1 Å². The lowest BCUT2D eigenvalue weighted by atomic mass is 10.0. The third-order valence-electron chi connectivity index (χ3n) is 5.47. The van der Waals surface area contributed by atoms with E-state index in [4.69, 9.17) is 0 Å². The molecule has 2 amide bonds.